The molecule has 8 heteroatoms. The van der Waals surface area contributed by atoms with E-state index in [0.717, 1.165) is 11.6 Å². The Labute approximate surface area is 141 Å². The van der Waals surface area contributed by atoms with Crippen LogP contribution in [0.2, 0.25) is 5.02 Å². The number of amides is 2. The Balaban J connectivity index is 1.66. The molecule has 0 aliphatic heterocycles. The van der Waals surface area contributed by atoms with Gasteiger partial charge in [0.05, 0.1) is 5.69 Å². The first-order chi connectivity index (χ1) is 11.5. The van der Waals surface area contributed by atoms with E-state index in [0.29, 0.717) is 17.4 Å². The van der Waals surface area contributed by atoms with Crippen LogP contribution in [0.4, 0.5) is 20.6 Å². The molecule has 2 aromatic carbocycles. The zero-order valence-corrected chi connectivity index (χ0v) is 13.3. The first-order valence-corrected chi connectivity index (χ1v) is 7.33. The minimum atomic E-state index is -0.611. The average molecular weight is 347 g/mol. The second-order valence-electron chi connectivity index (χ2n) is 4.92. The molecule has 0 bridgehead atoms. The molecular formula is C16H12ClFN4O2. The minimum Gasteiger partial charge on any atom is -0.339 e. The van der Waals surface area contributed by atoms with Crippen molar-refractivity contribution in [2.45, 2.75) is 6.92 Å². The van der Waals surface area contributed by atoms with Gasteiger partial charge in [0, 0.05) is 23.2 Å². The van der Waals surface area contributed by atoms with E-state index in [1.54, 1.807) is 31.2 Å². The normalized spacial score (nSPS) is 10.5. The third-order valence-corrected chi connectivity index (χ3v) is 3.34. The van der Waals surface area contributed by atoms with Crippen molar-refractivity contribution in [1.29, 1.82) is 0 Å². The molecule has 0 spiro atoms. The van der Waals surface area contributed by atoms with Crippen LogP contribution in [0, 0.1) is 12.7 Å². The molecule has 0 aliphatic carbocycles. The Morgan fingerprint density at radius 3 is 2.54 bits per heavy atom. The first-order valence-electron chi connectivity index (χ1n) is 6.95. The predicted octanol–water partition coefficient (Wildman–Crippen LogP) is 4.48. The number of halogens is 2. The lowest BCUT2D eigenvalue weighted by Crippen LogP contribution is -2.20. The minimum absolute atomic E-state index is 0.0378. The molecule has 1 heterocycles. The van der Waals surface area contributed by atoms with Gasteiger partial charge < -0.3 is 15.2 Å². The molecule has 2 N–H and O–H groups in total. The molecule has 0 saturated carbocycles. The van der Waals surface area contributed by atoms with Gasteiger partial charge in [0.1, 0.15) is 5.82 Å². The molecule has 0 aliphatic rings. The van der Waals surface area contributed by atoms with Crippen LogP contribution < -0.4 is 10.6 Å². The Morgan fingerprint density at radius 2 is 1.92 bits per heavy atom. The third-order valence-electron chi connectivity index (χ3n) is 3.11. The van der Waals surface area contributed by atoms with Crippen LogP contribution in [-0.4, -0.2) is 16.2 Å². The lowest BCUT2D eigenvalue weighted by Gasteiger charge is -2.09. The van der Waals surface area contributed by atoms with E-state index in [1.165, 1.54) is 12.1 Å². The van der Waals surface area contributed by atoms with Crippen LogP contribution in [-0.2, 0) is 0 Å². The Morgan fingerprint density at radius 1 is 1.17 bits per heavy atom. The molecule has 0 fully saturated rings. The van der Waals surface area contributed by atoms with Crippen LogP contribution in [0.3, 0.4) is 0 Å². The molecule has 3 rings (SSSR count). The highest BCUT2D eigenvalue weighted by atomic mass is 35.5. The molecular weight excluding hydrogens is 335 g/mol. The highest BCUT2D eigenvalue weighted by Crippen LogP contribution is 2.20. The molecule has 1 aromatic heterocycles. The molecule has 6 nitrogen and oxygen atoms in total. The Bertz CT molecular complexity index is 880. The summed E-state index contributed by atoms with van der Waals surface area (Å²) in [4.78, 5) is 16.0. The molecule has 0 radical (unpaired) electrons. The van der Waals surface area contributed by atoms with Crippen LogP contribution in [0.1, 0.15) is 5.89 Å². The topological polar surface area (TPSA) is 80.0 Å². The number of urea groups is 1. The SMILES string of the molecule is Cc1nc(-c2ccc(NC(=O)Nc3ccc(Cl)cc3F)cc2)no1. The maximum atomic E-state index is 13.6. The molecule has 122 valence electrons. The number of rotatable bonds is 3. The van der Waals surface area contributed by atoms with Crippen molar-refractivity contribution in [2.75, 3.05) is 10.6 Å². The van der Waals surface area contributed by atoms with E-state index in [-0.39, 0.29) is 10.7 Å². The van der Waals surface area contributed by atoms with Gasteiger partial charge in [-0.3, -0.25) is 0 Å². The number of anilines is 2. The van der Waals surface area contributed by atoms with Crippen LogP contribution >= 0.6 is 11.6 Å². The summed E-state index contributed by atoms with van der Waals surface area (Å²) >= 11 is 5.66. The van der Waals surface area contributed by atoms with Gasteiger partial charge in [-0.15, -0.1) is 0 Å². The summed E-state index contributed by atoms with van der Waals surface area (Å²) in [6.07, 6.45) is 0. The fourth-order valence-electron chi connectivity index (χ4n) is 1.99. The van der Waals surface area contributed by atoms with Gasteiger partial charge >= 0.3 is 6.03 Å². The summed E-state index contributed by atoms with van der Waals surface area (Å²) in [5.74, 6) is 0.323. The lowest BCUT2D eigenvalue weighted by molar-refractivity contribution is 0.262. The predicted molar refractivity (Wildman–Crippen MR) is 88.5 cm³/mol. The van der Waals surface area contributed by atoms with E-state index >= 15 is 0 Å². The quantitative estimate of drug-likeness (QED) is 0.732. The summed E-state index contributed by atoms with van der Waals surface area (Å²) < 4.78 is 18.6. The van der Waals surface area contributed by atoms with Gasteiger partial charge in [-0.25, -0.2) is 9.18 Å². The number of hydrogen-bond donors (Lipinski definition) is 2. The standard InChI is InChI=1S/C16H12ClFN4O2/c1-9-19-15(22-24-9)10-2-5-12(6-3-10)20-16(23)21-14-7-4-11(17)8-13(14)18/h2-8H,1H3,(H2,20,21,23). The Hall–Kier alpha value is -2.93. The van der Waals surface area contributed by atoms with Crippen molar-refractivity contribution >= 4 is 29.0 Å². The summed E-state index contributed by atoms with van der Waals surface area (Å²) in [6, 6.07) is 10.3. The monoisotopic (exact) mass is 346 g/mol. The zero-order chi connectivity index (χ0) is 17.1. The van der Waals surface area contributed by atoms with Gasteiger partial charge in [0.2, 0.25) is 11.7 Å². The number of aryl methyl sites for hydroxylation is 1. The van der Waals surface area contributed by atoms with E-state index in [9.17, 15) is 9.18 Å². The van der Waals surface area contributed by atoms with Crippen molar-refractivity contribution in [3.63, 3.8) is 0 Å². The first kappa shape index (κ1) is 15.9. The van der Waals surface area contributed by atoms with Crippen molar-refractivity contribution in [3.05, 3.63) is 59.2 Å². The van der Waals surface area contributed by atoms with E-state index in [4.69, 9.17) is 16.1 Å². The van der Waals surface area contributed by atoms with Crippen LogP contribution in [0.15, 0.2) is 47.0 Å². The van der Waals surface area contributed by atoms with Crippen molar-refractivity contribution in [2.24, 2.45) is 0 Å². The van der Waals surface area contributed by atoms with Gasteiger partial charge in [-0.1, -0.05) is 16.8 Å². The Kier molecular flexibility index (Phi) is 4.43. The van der Waals surface area contributed by atoms with Gasteiger partial charge in [0.25, 0.3) is 0 Å². The summed E-state index contributed by atoms with van der Waals surface area (Å²) in [6.45, 7) is 1.70. The number of hydrogen-bond acceptors (Lipinski definition) is 4. The summed E-state index contributed by atoms with van der Waals surface area (Å²) in [5.41, 5.74) is 1.32. The second-order valence-corrected chi connectivity index (χ2v) is 5.35. The van der Waals surface area contributed by atoms with Crippen molar-refractivity contribution in [3.8, 4) is 11.4 Å². The highest BCUT2D eigenvalue weighted by molar-refractivity contribution is 6.30. The maximum Gasteiger partial charge on any atom is 0.323 e. The van der Waals surface area contributed by atoms with Crippen LogP contribution in [0.25, 0.3) is 11.4 Å². The third kappa shape index (κ3) is 3.69. The number of carbonyl (C=O) groups is 1. The summed E-state index contributed by atoms with van der Waals surface area (Å²) in [5, 5.41) is 9.08. The second kappa shape index (κ2) is 6.67. The molecule has 0 atom stereocenters. The molecule has 0 saturated heterocycles. The molecule has 3 aromatic rings. The fraction of sp³-hybridized carbons (Fsp3) is 0.0625. The van der Waals surface area contributed by atoms with E-state index < -0.39 is 11.8 Å². The maximum absolute atomic E-state index is 13.6. The van der Waals surface area contributed by atoms with Crippen molar-refractivity contribution in [1.82, 2.24) is 10.1 Å². The van der Waals surface area contributed by atoms with E-state index in [2.05, 4.69) is 20.8 Å². The number of aromatic nitrogens is 2. The number of benzene rings is 2. The highest BCUT2D eigenvalue weighted by Gasteiger charge is 2.09. The van der Waals surface area contributed by atoms with Gasteiger partial charge in [-0.05, 0) is 42.5 Å². The lowest BCUT2D eigenvalue weighted by atomic mass is 10.2. The largest absolute Gasteiger partial charge is 0.339 e. The average Bonchev–Trinajstić information content (AvgIpc) is 2.97. The zero-order valence-electron chi connectivity index (χ0n) is 12.5. The van der Waals surface area contributed by atoms with Crippen LogP contribution in [0.5, 0.6) is 0 Å². The molecule has 24 heavy (non-hydrogen) atoms. The number of carbonyl (C=O) groups excluding carboxylic acids is 1. The number of nitrogens with one attached hydrogen (secondary N) is 2. The summed E-state index contributed by atoms with van der Waals surface area (Å²) in [7, 11) is 0. The molecule has 2 amide bonds. The number of nitrogens with zero attached hydrogens (tertiary/aromatic N) is 2. The smallest absolute Gasteiger partial charge is 0.323 e. The fourth-order valence-corrected chi connectivity index (χ4v) is 2.15. The van der Waals surface area contributed by atoms with Gasteiger partial charge in [0.15, 0.2) is 0 Å². The van der Waals surface area contributed by atoms with E-state index in [1.807, 2.05) is 0 Å². The molecule has 0 unspecified atom stereocenters. The van der Waals surface area contributed by atoms with Crippen molar-refractivity contribution < 1.29 is 13.7 Å². The van der Waals surface area contributed by atoms with Gasteiger partial charge in [-0.2, -0.15) is 4.98 Å².